The van der Waals surface area contributed by atoms with Gasteiger partial charge in [-0.3, -0.25) is 10.1 Å². The molecular formula is C12H16N4O2S. The fourth-order valence-electron chi connectivity index (χ4n) is 1.69. The lowest BCUT2D eigenvalue weighted by atomic mass is 10.3. The number of hydrogen-bond donors (Lipinski definition) is 1. The summed E-state index contributed by atoms with van der Waals surface area (Å²) in [7, 11) is 4.08. The highest BCUT2D eigenvalue weighted by molar-refractivity contribution is 7.22. The van der Waals surface area contributed by atoms with Gasteiger partial charge in [0.1, 0.15) is 0 Å². The van der Waals surface area contributed by atoms with Crippen molar-refractivity contribution in [3.05, 3.63) is 28.3 Å². The van der Waals surface area contributed by atoms with Crippen molar-refractivity contribution in [2.75, 3.05) is 32.5 Å². The first-order chi connectivity index (χ1) is 9.06. The molecule has 0 fully saturated rings. The van der Waals surface area contributed by atoms with E-state index in [9.17, 15) is 10.1 Å². The second kappa shape index (κ2) is 5.94. The third-order valence-corrected chi connectivity index (χ3v) is 3.62. The van der Waals surface area contributed by atoms with Crippen molar-refractivity contribution in [3.8, 4) is 0 Å². The summed E-state index contributed by atoms with van der Waals surface area (Å²) in [6.07, 6.45) is 1.03. The van der Waals surface area contributed by atoms with Crippen LogP contribution in [0.5, 0.6) is 0 Å². The van der Waals surface area contributed by atoms with Gasteiger partial charge >= 0.3 is 0 Å². The van der Waals surface area contributed by atoms with Crippen LogP contribution in [-0.2, 0) is 0 Å². The van der Waals surface area contributed by atoms with E-state index in [1.807, 2.05) is 14.1 Å². The molecule has 0 aliphatic rings. The molecule has 0 saturated heterocycles. The quantitative estimate of drug-likeness (QED) is 0.500. The minimum atomic E-state index is -0.386. The van der Waals surface area contributed by atoms with Crippen LogP contribution >= 0.6 is 11.3 Å². The lowest BCUT2D eigenvalue weighted by molar-refractivity contribution is -0.384. The van der Waals surface area contributed by atoms with Crippen molar-refractivity contribution in [2.45, 2.75) is 6.42 Å². The fraction of sp³-hybridized carbons (Fsp3) is 0.417. The lowest BCUT2D eigenvalue weighted by Crippen LogP contribution is -2.16. The van der Waals surface area contributed by atoms with E-state index in [1.165, 1.54) is 17.4 Å². The minimum absolute atomic E-state index is 0.107. The van der Waals surface area contributed by atoms with Crippen LogP contribution in [0.25, 0.3) is 10.2 Å². The van der Waals surface area contributed by atoms with Crippen molar-refractivity contribution in [3.63, 3.8) is 0 Å². The van der Waals surface area contributed by atoms with Crippen molar-refractivity contribution in [2.24, 2.45) is 0 Å². The molecule has 0 aliphatic heterocycles. The van der Waals surface area contributed by atoms with Gasteiger partial charge in [-0.15, -0.1) is 0 Å². The topological polar surface area (TPSA) is 71.3 Å². The highest BCUT2D eigenvalue weighted by Crippen LogP contribution is 2.28. The van der Waals surface area contributed by atoms with Gasteiger partial charge in [-0.25, -0.2) is 4.98 Å². The van der Waals surface area contributed by atoms with Gasteiger partial charge in [0, 0.05) is 18.7 Å². The molecule has 6 nitrogen and oxygen atoms in total. The predicted octanol–water partition coefficient (Wildman–Crippen LogP) is 2.57. The molecule has 0 saturated carbocycles. The van der Waals surface area contributed by atoms with Gasteiger partial charge in [-0.2, -0.15) is 0 Å². The average Bonchev–Trinajstić information content (AvgIpc) is 2.75. The van der Waals surface area contributed by atoms with Gasteiger partial charge in [-0.1, -0.05) is 11.3 Å². The summed E-state index contributed by atoms with van der Waals surface area (Å²) in [5.74, 6) is 0. The summed E-state index contributed by atoms with van der Waals surface area (Å²) in [5.41, 5.74) is 0.904. The molecule has 7 heteroatoms. The first-order valence-electron chi connectivity index (χ1n) is 6.00. The Morgan fingerprint density at radius 2 is 2.26 bits per heavy atom. The van der Waals surface area contributed by atoms with Crippen LogP contribution in [-0.4, -0.2) is 42.0 Å². The highest BCUT2D eigenvalue weighted by Gasteiger charge is 2.09. The molecular weight excluding hydrogens is 264 g/mol. The van der Waals surface area contributed by atoms with Gasteiger partial charge in [0.25, 0.3) is 5.69 Å². The van der Waals surface area contributed by atoms with Gasteiger partial charge in [0.2, 0.25) is 0 Å². The zero-order valence-corrected chi connectivity index (χ0v) is 11.7. The summed E-state index contributed by atoms with van der Waals surface area (Å²) >= 11 is 1.45. The number of rotatable bonds is 6. The highest BCUT2D eigenvalue weighted by atomic mass is 32.1. The number of benzene rings is 1. The number of nitro groups is 1. The van der Waals surface area contributed by atoms with Gasteiger partial charge in [0.05, 0.1) is 15.1 Å². The van der Waals surface area contributed by atoms with Crippen molar-refractivity contribution in [1.82, 2.24) is 9.88 Å². The molecule has 2 rings (SSSR count). The molecule has 1 aromatic carbocycles. The Balaban J connectivity index is 2.03. The number of nitro benzene ring substituents is 1. The first kappa shape index (κ1) is 13.7. The van der Waals surface area contributed by atoms with Crippen molar-refractivity contribution in [1.29, 1.82) is 0 Å². The van der Waals surface area contributed by atoms with Crippen LogP contribution in [0.15, 0.2) is 18.2 Å². The molecule has 0 bridgehead atoms. The zero-order valence-electron chi connectivity index (χ0n) is 10.9. The second-order valence-electron chi connectivity index (χ2n) is 4.51. The third-order valence-electron chi connectivity index (χ3n) is 2.64. The Labute approximate surface area is 115 Å². The molecule has 2 aromatic rings. The molecule has 1 N–H and O–H groups in total. The van der Waals surface area contributed by atoms with E-state index in [4.69, 9.17) is 0 Å². The summed E-state index contributed by atoms with van der Waals surface area (Å²) in [4.78, 5) is 16.8. The Bertz CT molecular complexity index is 582. The molecule has 0 spiro atoms. The maximum atomic E-state index is 10.7. The van der Waals surface area contributed by atoms with Crippen LogP contribution in [0.1, 0.15) is 6.42 Å². The molecule has 19 heavy (non-hydrogen) atoms. The first-order valence-corrected chi connectivity index (χ1v) is 6.81. The average molecular weight is 280 g/mol. The number of non-ortho nitro benzene ring substituents is 1. The Morgan fingerprint density at radius 3 is 2.95 bits per heavy atom. The van der Waals surface area contributed by atoms with E-state index >= 15 is 0 Å². The maximum absolute atomic E-state index is 10.7. The van der Waals surface area contributed by atoms with Gasteiger partial charge in [0.15, 0.2) is 5.13 Å². The largest absolute Gasteiger partial charge is 0.361 e. The third kappa shape index (κ3) is 3.62. The number of nitrogens with one attached hydrogen (secondary N) is 1. The van der Waals surface area contributed by atoms with Gasteiger partial charge < -0.3 is 10.2 Å². The normalized spacial score (nSPS) is 11.1. The number of aromatic nitrogens is 1. The number of thiazole rings is 1. The minimum Gasteiger partial charge on any atom is -0.361 e. The van der Waals surface area contributed by atoms with Gasteiger partial charge in [-0.05, 0) is 33.1 Å². The van der Waals surface area contributed by atoms with Crippen LogP contribution in [0, 0.1) is 10.1 Å². The summed E-state index contributed by atoms with van der Waals surface area (Å²) in [5, 5.41) is 14.8. The van der Waals surface area contributed by atoms with Crippen LogP contribution < -0.4 is 5.32 Å². The van der Waals surface area contributed by atoms with Crippen LogP contribution in [0.2, 0.25) is 0 Å². The van der Waals surface area contributed by atoms with E-state index in [2.05, 4.69) is 15.2 Å². The number of anilines is 1. The van der Waals surface area contributed by atoms with Crippen molar-refractivity contribution >= 4 is 32.4 Å². The van der Waals surface area contributed by atoms with E-state index < -0.39 is 0 Å². The number of hydrogen-bond acceptors (Lipinski definition) is 6. The molecule has 0 atom stereocenters. The van der Waals surface area contributed by atoms with E-state index in [0.29, 0.717) is 0 Å². The van der Waals surface area contributed by atoms with Crippen LogP contribution in [0.3, 0.4) is 0 Å². The summed E-state index contributed by atoms with van der Waals surface area (Å²) in [6, 6.07) is 4.74. The molecule has 102 valence electrons. The zero-order chi connectivity index (χ0) is 13.8. The molecule has 0 aliphatic carbocycles. The lowest BCUT2D eigenvalue weighted by Gasteiger charge is -2.08. The molecule has 0 amide bonds. The predicted molar refractivity (Wildman–Crippen MR) is 77.9 cm³/mol. The summed E-state index contributed by atoms with van der Waals surface area (Å²) in [6.45, 7) is 1.86. The monoisotopic (exact) mass is 280 g/mol. The molecule has 0 unspecified atom stereocenters. The van der Waals surface area contributed by atoms with E-state index in [-0.39, 0.29) is 10.6 Å². The van der Waals surface area contributed by atoms with E-state index in [1.54, 1.807) is 12.1 Å². The standard InChI is InChI=1S/C12H16N4O2S/c1-15(2)7-3-6-13-12-14-10-5-4-9(16(17)18)8-11(10)19-12/h4-5,8H,3,6-7H2,1-2H3,(H,13,14). The maximum Gasteiger partial charge on any atom is 0.270 e. The molecule has 1 aromatic heterocycles. The smallest absolute Gasteiger partial charge is 0.270 e. The number of nitrogens with zero attached hydrogens (tertiary/aromatic N) is 3. The SMILES string of the molecule is CN(C)CCCNc1nc2ccc([N+](=O)[O-])cc2s1. The second-order valence-corrected chi connectivity index (χ2v) is 5.54. The summed E-state index contributed by atoms with van der Waals surface area (Å²) < 4.78 is 0.837. The molecule has 0 radical (unpaired) electrons. The van der Waals surface area contributed by atoms with E-state index in [0.717, 1.165) is 34.9 Å². The number of fused-ring (bicyclic) bond motifs is 1. The van der Waals surface area contributed by atoms with Crippen molar-refractivity contribution < 1.29 is 4.92 Å². The Kier molecular flexibility index (Phi) is 4.28. The fourth-order valence-corrected chi connectivity index (χ4v) is 2.62. The van der Waals surface area contributed by atoms with Crippen LogP contribution in [0.4, 0.5) is 10.8 Å². The Hall–Kier alpha value is -1.73. The Morgan fingerprint density at radius 1 is 1.47 bits per heavy atom. The molecule has 1 heterocycles.